The van der Waals surface area contributed by atoms with E-state index >= 15 is 0 Å². The molecule has 0 aromatic rings. The molecule has 9 atom stereocenters. The van der Waals surface area contributed by atoms with Crippen LogP contribution in [0.3, 0.4) is 0 Å². The number of amides is 1. The maximum Gasteiger partial charge on any atom is 0.222 e. The molecule has 7 heteroatoms. The van der Waals surface area contributed by atoms with E-state index in [0.717, 1.165) is 103 Å². The van der Waals surface area contributed by atoms with Crippen molar-refractivity contribution in [3.05, 3.63) is 0 Å². The van der Waals surface area contributed by atoms with Crippen LogP contribution in [0.4, 0.5) is 0 Å². The number of nitrogens with zero attached hydrogens (tertiary/aromatic N) is 1. The topological polar surface area (TPSA) is 100 Å². The van der Waals surface area contributed by atoms with Gasteiger partial charge in [0.05, 0.1) is 18.3 Å². The first-order valence-corrected chi connectivity index (χ1v) is 23.4. The SMILES string of the molecule is CCCCCN(CCCCC)C(=O)CC[C@@H](C)[C@H]1CC[C@@H](C)[C@]1(C)[C@H](C[C@@H](C)[C@@](C)(CC[C@H](CC)OCCCN)CC[C@H](C)OCCCC)OCCCN. The highest BCUT2D eigenvalue weighted by Crippen LogP contribution is 2.56. The van der Waals surface area contributed by atoms with Crippen molar-refractivity contribution in [1.29, 1.82) is 0 Å². The fraction of sp³-hybridized carbons (Fsp3) is 0.979. The van der Waals surface area contributed by atoms with Crippen LogP contribution in [-0.4, -0.2) is 75.1 Å². The van der Waals surface area contributed by atoms with Crippen LogP contribution in [-0.2, 0) is 19.0 Å². The van der Waals surface area contributed by atoms with Gasteiger partial charge in [-0.1, -0.05) is 94.4 Å². The molecule has 0 aliphatic heterocycles. The Morgan fingerprint density at radius 3 is 1.93 bits per heavy atom. The van der Waals surface area contributed by atoms with E-state index in [9.17, 15) is 4.79 Å². The van der Waals surface area contributed by atoms with Gasteiger partial charge in [0, 0.05) is 39.3 Å². The zero-order valence-corrected chi connectivity index (χ0v) is 37.9. The fourth-order valence-corrected chi connectivity index (χ4v) is 9.36. The fourth-order valence-electron chi connectivity index (χ4n) is 9.36. The summed E-state index contributed by atoms with van der Waals surface area (Å²) in [6.07, 6.45) is 22.3. The molecule has 4 N–H and O–H groups in total. The van der Waals surface area contributed by atoms with Crippen LogP contribution < -0.4 is 11.5 Å². The average molecular weight is 766 g/mol. The molecule has 1 amide bonds. The molecular weight excluding hydrogens is 671 g/mol. The number of nitrogens with two attached hydrogens (primary N) is 2. The van der Waals surface area contributed by atoms with Gasteiger partial charge in [0.2, 0.25) is 5.91 Å². The Bertz CT molecular complexity index is 911. The average Bonchev–Trinajstić information content (AvgIpc) is 3.47. The van der Waals surface area contributed by atoms with Crippen molar-refractivity contribution in [1.82, 2.24) is 4.90 Å². The van der Waals surface area contributed by atoms with Gasteiger partial charge in [0.15, 0.2) is 0 Å². The van der Waals surface area contributed by atoms with Gasteiger partial charge in [-0.05, 0) is 144 Å². The number of carbonyl (C=O) groups is 1. The Balaban J connectivity index is 3.28. The van der Waals surface area contributed by atoms with Gasteiger partial charge in [0.1, 0.15) is 0 Å². The molecule has 0 saturated heterocycles. The van der Waals surface area contributed by atoms with Crippen molar-refractivity contribution in [3.63, 3.8) is 0 Å². The smallest absolute Gasteiger partial charge is 0.222 e. The van der Waals surface area contributed by atoms with Crippen LogP contribution in [0, 0.1) is 34.5 Å². The molecule has 1 fully saturated rings. The molecule has 1 rings (SSSR count). The summed E-state index contributed by atoms with van der Waals surface area (Å²) in [6, 6.07) is 0. The normalized spacial score (nSPS) is 22.8. The van der Waals surface area contributed by atoms with E-state index in [1.807, 2.05) is 0 Å². The Morgan fingerprint density at radius 2 is 1.35 bits per heavy atom. The maximum atomic E-state index is 13.7. The minimum absolute atomic E-state index is 0.0437. The van der Waals surface area contributed by atoms with Gasteiger partial charge in [-0.25, -0.2) is 0 Å². The van der Waals surface area contributed by atoms with E-state index in [0.29, 0.717) is 55.7 Å². The van der Waals surface area contributed by atoms with Gasteiger partial charge in [-0.2, -0.15) is 0 Å². The molecule has 0 bridgehead atoms. The van der Waals surface area contributed by atoms with Crippen LogP contribution >= 0.6 is 0 Å². The third kappa shape index (κ3) is 18.2. The zero-order chi connectivity index (χ0) is 40.4. The van der Waals surface area contributed by atoms with Crippen LogP contribution in [0.1, 0.15) is 198 Å². The van der Waals surface area contributed by atoms with E-state index in [-0.39, 0.29) is 29.1 Å². The summed E-state index contributed by atoms with van der Waals surface area (Å²) in [5.41, 5.74) is 12.0. The summed E-state index contributed by atoms with van der Waals surface area (Å²) < 4.78 is 19.6. The monoisotopic (exact) mass is 766 g/mol. The van der Waals surface area contributed by atoms with Crippen LogP contribution in [0.25, 0.3) is 0 Å². The van der Waals surface area contributed by atoms with Crippen LogP contribution in [0.15, 0.2) is 0 Å². The highest BCUT2D eigenvalue weighted by Gasteiger charge is 2.52. The maximum absolute atomic E-state index is 13.7. The lowest BCUT2D eigenvalue weighted by molar-refractivity contribution is -0.132. The Kier molecular flexibility index (Phi) is 28.0. The first-order valence-electron chi connectivity index (χ1n) is 23.4. The Morgan fingerprint density at radius 1 is 0.778 bits per heavy atom. The van der Waals surface area contributed by atoms with E-state index < -0.39 is 0 Å². The number of hydrogen-bond acceptors (Lipinski definition) is 6. The highest BCUT2D eigenvalue weighted by molar-refractivity contribution is 5.76. The second-order valence-corrected chi connectivity index (χ2v) is 18.2. The summed E-state index contributed by atoms with van der Waals surface area (Å²) in [7, 11) is 0. The third-order valence-corrected chi connectivity index (χ3v) is 14.0. The molecule has 54 heavy (non-hydrogen) atoms. The number of carbonyl (C=O) groups excluding carboxylic acids is 1. The van der Waals surface area contributed by atoms with E-state index in [1.165, 1.54) is 44.9 Å². The van der Waals surface area contributed by atoms with Crippen molar-refractivity contribution >= 4 is 5.91 Å². The standard InChI is InChI=1S/C47H95N3O4/c1-11-15-18-32-50(33-19-16-12-2)45(51)25-22-38(5)43-24-23-39(6)47(43,10)44(54-36-21-31-49)37-40(7)46(9,28-26-41(8)52-34-17-13-3)29-27-42(14-4)53-35-20-30-48/h38-44H,11-37,48-49H2,1-10H3/t38-,39-,40-,41+,42+,43-,44+,46-,47+/m1/s1. The van der Waals surface area contributed by atoms with Gasteiger partial charge in [0.25, 0.3) is 0 Å². The second-order valence-electron chi connectivity index (χ2n) is 18.2. The molecule has 1 aliphatic rings. The molecule has 0 aromatic carbocycles. The minimum Gasteiger partial charge on any atom is -0.379 e. The molecular formula is C47H95N3O4. The quantitative estimate of drug-likeness (QED) is 0.0623. The predicted molar refractivity (Wildman–Crippen MR) is 232 cm³/mol. The zero-order valence-electron chi connectivity index (χ0n) is 37.9. The van der Waals surface area contributed by atoms with Gasteiger partial charge in [-0.15, -0.1) is 0 Å². The molecule has 0 spiro atoms. The predicted octanol–water partition coefficient (Wildman–Crippen LogP) is 11.3. The molecule has 0 radical (unpaired) electrons. The lowest BCUT2D eigenvalue weighted by Crippen LogP contribution is -2.46. The molecule has 0 aromatic heterocycles. The highest BCUT2D eigenvalue weighted by atomic mass is 16.5. The summed E-state index contributed by atoms with van der Waals surface area (Å²) in [5, 5.41) is 0. The second kappa shape index (κ2) is 29.5. The van der Waals surface area contributed by atoms with E-state index in [2.05, 4.69) is 74.1 Å². The summed E-state index contributed by atoms with van der Waals surface area (Å²) in [4.78, 5) is 15.9. The largest absolute Gasteiger partial charge is 0.379 e. The van der Waals surface area contributed by atoms with E-state index in [4.69, 9.17) is 25.7 Å². The van der Waals surface area contributed by atoms with Crippen molar-refractivity contribution in [2.24, 2.45) is 46.0 Å². The van der Waals surface area contributed by atoms with Crippen LogP contribution in [0.2, 0.25) is 0 Å². The summed E-state index contributed by atoms with van der Waals surface area (Å²) in [6.45, 7) is 29.2. The molecule has 1 saturated carbocycles. The van der Waals surface area contributed by atoms with Crippen molar-refractivity contribution in [2.45, 2.75) is 216 Å². The first kappa shape index (κ1) is 51.3. The lowest BCUT2D eigenvalue weighted by atomic mass is 9.61. The number of rotatable bonds is 35. The first-order chi connectivity index (χ1) is 25.9. The minimum atomic E-state index is 0.0437. The molecule has 0 unspecified atom stereocenters. The van der Waals surface area contributed by atoms with Crippen molar-refractivity contribution in [2.75, 3.05) is 46.0 Å². The van der Waals surface area contributed by atoms with Crippen molar-refractivity contribution in [3.8, 4) is 0 Å². The summed E-state index contributed by atoms with van der Waals surface area (Å²) >= 11 is 0. The van der Waals surface area contributed by atoms with Gasteiger partial charge < -0.3 is 30.6 Å². The molecule has 7 nitrogen and oxygen atoms in total. The number of hydrogen-bond donors (Lipinski definition) is 2. The van der Waals surface area contributed by atoms with E-state index in [1.54, 1.807) is 0 Å². The van der Waals surface area contributed by atoms with Crippen molar-refractivity contribution < 1.29 is 19.0 Å². The number of ether oxygens (including phenoxy) is 3. The Hall–Kier alpha value is -0.730. The lowest BCUT2D eigenvalue weighted by Gasteiger charge is -2.48. The summed E-state index contributed by atoms with van der Waals surface area (Å²) in [5.74, 6) is 2.40. The molecule has 0 heterocycles. The van der Waals surface area contributed by atoms with Gasteiger partial charge in [-0.3, -0.25) is 4.79 Å². The van der Waals surface area contributed by atoms with Crippen LogP contribution in [0.5, 0.6) is 0 Å². The number of unbranched alkanes of at least 4 members (excludes halogenated alkanes) is 5. The van der Waals surface area contributed by atoms with Gasteiger partial charge >= 0.3 is 0 Å². The molecule has 1 aliphatic carbocycles. The third-order valence-electron chi connectivity index (χ3n) is 14.0. The Labute approximate surface area is 336 Å². The molecule has 322 valence electrons.